The van der Waals surface area contributed by atoms with Crippen LogP contribution in [0.25, 0.3) is 0 Å². The lowest BCUT2D eigenvalue weighted by Gasteiger charge is -2.20. The zero-order valence-corrected chi connectivity index (χ0v) is 12.9. The predicted molar refractivity (Wildman–Crippen MR) is 86.7 cm³/mol. The van der Waals surface area contributed by atoms with Gasteiger partial charge in [0.1, 0.15) is 12.1 Å². The van der Waals surface area contributed by atoms with Crippen LogP contribution in [0.2, 0.25) is 0 Å². The highest BCUT2D eigenvalue weighted by Gasteiger charge is 2.21. The molecule has 0 radical (unpaired) electrons. The molecule has 2 aromatic rings. The molecule has 1 saturated heterocycles. The maximum Gasteiger partial charge on any atom is 0.228 e. The lowest BCUT2D eigenvalue weighted by molar-refractivity contribution is -0.130. The second-order valence-electron chi connectivity index (χ2n) is 5.79. The summed E-state index contributed by atoms with van der Waals surface area (Å²) < 4.78 is 4.77. The van der Waals surface area contributed by atoms with Crippen molar-refractivity contribution >= 4 is 17.4 Å². The van der Waals surface area contributed by atoms with Crippen LogP contribution in [0.15, 0.2) is 35.2 Å². The fourth-order valence-corrected chi connectivity index (χ4v) is 2.81. The SMILES string of the molecule is Nc1ccc(N[C@H]2CCCN(C(=O)Cc3ccon3)CC2)cn1. The Morgan fingerprint density at radius 2 is 2.26 bits per heavy atom. The predicted octanol–water partition coefficient (Wildman–Crippen LogP) is 1.69. The van der Waals surface area contributed by atoms with E-state index in [9.17, 15) is 4.79 Å². The van der Waals surface area contributed by atoms with Gasteiger partial charge in [-0.3, -0.25) is 4.79 Å². The lowest BCUT2D eigenvalue weighted by atomic mass is 10.1. The lowest BCUT2D eigenvalue weighted by Crippen LogP contribution is -2.33. The topological polar surface area (TPSA) is 97.3 Å². The summed E-state index contributed by atoms with van der Waals surface area (Å²) in [7, 11) is 0. The number of nitrogens with zero attached hydrogens (tertiary/aromatic N) is 3. The summed E-state index contributed by atoms with van der Waals surface area (Å²) in [5, 5.41) is 7.27. The largest absolute Gasteiger partial charge is 0.384 e. The molecule has 1 amide bonds. The van der Waals surface area contributed by atoms with Crippen LogP contribution < -0.4 is 11.1 Å². The number of aromatic nitrogens is 2. The smallest absolute Gasteiger partial charge is 0.228 e. The Labute approximate surface area is 134 Å². The summed E-state index contributed by atoms with van der Waals surface area (Å²) in [5.74, 6) is 0.620. The second kappa shape index (κ2) is 7.13. The summed E-state index contributed by atoms with van der Waals surface area (Å²) in [5.41, 5.74) is 7.24. The Morgan fingerprint density at radius 3 is 3.00 bits per heavy atom. The van der Waals surface area contributed by atoms with Crippen LogP contribution in [0.5, 0.6) is 0 Å². The zero-order valence-electron chi connectivity index (χ0n) is 12.9. The molecule has 0 aromatic carbocycles. The minimum Gasteiger partial charge on any atom is -0.384 e. The Morgan fingerprint density at radius 1 is 1.35 bits per heavy atom. The van der Waals surface area contributed by atoms with Gasteiger partial charge in [-0.25, -0.2) is 4.98 Å². The minimum absolute atomic E-state index is 0.105. The molecule has 1 atom stereocenters. The van der Waals surface area contributed by atoms with E-state index in [1.807, 2.05) is 11.0 Å². The third-order valence-electron chi connectivity index (χ3n) is 4.06. The molecule has 3 rings (SSSR count). The van der Waals surface area contributed by atoms with Gasteiger partial charge in [0.2, 0.25) is 5.91 Å². The number of likely N-dealkylation sites (tertiary alicyclic amines) is 1. The first-order valence-electron chi connectivity index (χ1n) is 7.86. The van der Waals surface area contributed by atoms with E-state index in [2.05, 4.69) is 15.5 Å². The first-order valence-corrected chi connectivity index (χ1v) is 7.86. The molecule has 3 N–H and O–H groups in total. The summed E-state index contributed by atoms with van der Waals surface area (Å²) in [6, 6.07) is 5.78. The highest BCUT2D eigenvalue weighted by Crippen LogP contribution is 2.17. The van der Waals surface area contributed by atoms with Gasteiger partial charge in [0.25, 0.3) is 0 Å². The van der Waals surface area contributed by atoms with E-state index in [4.69, 9.17) is 10.3 Å². The number of nitrogen functional groups attached to an aromatic ring is 1. The molecule has 7 nitrogen and oxygen atoms in total. The monoisotopic (exact) mass is 315 g/mol. The van der Waals surface area contributed by atoms with E-state index >= 15 is 0 Å². The number of amides is 1. The van der Waals surface area contributed by atoms with Crippen molar-refractivity contribution in [1.29, 1.82) is 0 Å². The molecular weight excluding hydrogens is 294 g/mol. The molecule has 0 unspecified atom stereocenters. The number of hydrogen-bond acceptors (Lipinski definition) is 6. The van der Waals surface area contributed by atoms with Gasteiger partial charge in [0.15, 0.2) is 0 Å². The van der Waals surface area contributed by atoms with Crippen LogP contribution in [0.3, 0.4) is 0 Å². The molecule has 0 aliphatic carbocycles. The van der Waals surface area contributed by atoms with Crippen LogP contribution in [-0.4, -0.2) is 40.1 Å². The van der Waals surface area contributed by atoms with Crippen LogP contribution in [-0.2, 0) is 11.2 Å². The third-order valence-corrected chi connectivity index (χ3v) is 4.06. The number of nitrogens with two attached hydrogens (primary N) is 1. The van der Waals surface area contributed by atoms with Crippen molar-refractivity contribution in [3.63, 3.8) is 0 Å². The Bertz CT molecular complexity index is 626. The van der Waals surface area contributed by atoms with Crippen LogP contribution in [0.4, 0.5) is 11.5 Å². The van der Waals surface area contributed by atoms with Gasteiger partial charge >= 0.3 is 0 Å². The first kappa shape index (κ1) is 15.3. The normalized spacial score (nSPS) is 18.4. The summed E-state index contributed by atoms with van der Waals surface area (Å²) in [6.07, 6.45) is 6.45. The molecule has 2 aromatic heterocycles. The van der Waals surface area contributed by atoms with Gasteiger partial charge in [-0.15, -0.1) is 0 Å². The van der Waals surface area contributed by atoms with Gasteiger partial charge in [0.05, 0.1) is 24.0 Å². The molecular formula is C16H21N5O2. The molecule has 1 fully saturated rings. The summed E-state index contributed by atoms with van der Waals surface area (Å²) in [4.78, 5) is 18.3. The van der Waals surface area contributed by atoms with Crippen molar-refractivity contribution in [2.75, 3.05) is 24.1 Å². The fraction of sp³-hybridized carbons (Fsp3) is 0.438. The van der Waals surface area contributed by atoms with Gasteiger partial charge < -0.3 is 20.5 Å². The highest BCUT2D eigenvalue weighted by atomic mass is 16.5. The van der Waals surface area contributed by atoms with Gasteiger partial charge in [0, 0.05) is 25.2 Å². The van der Waals surface area contributed by atoms with Crippen molar-refractivity contribution in [3.05, 3.63) is 36.4 Å². The Balaban J connectivity index is 1.52. The van der Waals surface area contributed by atoms with E-state index < -0.39 is 0 Å². The van der Waals surface area contributed by atoms with Crippen molar-refractivity contribution in [2.45, 2.75) is 31.7 Å². The van der Waals surface area contributed by atoms with Crippen LogP contribution >= 0.6 is 0 Å². The first-order chi connectivity index (χ1) is 11.2. The van der Waals surface area contributed by atoms with E-state index in [0.29, 0.717) is 24.0 Å². The zero-order chi connectivity index (χ0) is 16.1. The maximum absolute atomic E-state index is 12.3. The number of anilines is 2. The molecule has 1 aliphatic heterocycles. The summed E-state index contributed by atoms with van der Waals surface area (Å²) in [6.45, 7) is 1.53. The quantitative estimate of drug-likeness (QED) is 0.891. The van der Waals surface area contributed by atoms with Crippen LogP contribution in [0.1, 0.15) is 25.0 Å². The van der Waals surface area contributed by atoms with Crippen molar-refractivity contribution in [2.24, 2.45) is 0 Å². The Kier molecular flexibility index (Phi) is 4.75. The average Bonchev–Trinajstić information content (AvgIpc) is 2.94. The van der Waals surface area contributed by atoms with E-state index in [0.717, 1.165) is 38.0 Å². The number of rotatable bonds is 4. The standard InChI is InChI=1S/C16H21N5O2/c17-15-4-3-14(11-18-15)19-12-2-1-7-21(8-5-12)16(22)10-13-6-9-23-20-13/h3-4,6,9,11-12,19H,1-2,5,7-8,10H2,(H2,17,18)/t12-/m0/s1. The van der Waals surface area contributed by atoms with Crippen LogP contribution in [0, 0.1) is 0 Å². The molecule has 1 aliphatic rings. The van der Waals surface area contributed by atoms with Crippen molar-refractivity contribution < 1.29 is 9.32 Å². The number of nitrogens with one attached hydrogen (secondary N) is 1. The second-order valence-corrected chi connectivity index (χ2v) is 5.79. The van der Waals surface area contributed by atoms with Gasteiger partial charge in [-0.1, -0.05) is 5.16 Å². The maximum atomic E-state index is 12.3. The fourth-order valence-electron chi connectivity index (χ4n) is 2.81. The van der Waals surface area contributed by atoms with Gasteiger partial charge in [-0.05, 0) is 31.4 Å². The molecule has 7 heteroatoms. The molecule has 0 saturated carbocycles. The highest BCUT2D eigenvalue weighted by molar-refractivity contribution is 5.78. The molecule has 3 heterocycles. The number of carbonyl (C=O) groups is 1. The van der Waals surface area contributed by atoms with Crippen molar-refractivity contribution in [1.82, 2.24) is 15.0 Å². The Hall–Kier alpha value is -2.57. The molecule has 23 heavy (non-hydrogen) atoms. The molecule has 0 spiro atoms. The third kappa shape index (κ3) is 4.21. The number of pyridine rings is 1. The van der Waals surface area contributed by atoms with Gasteiger partial charge in [-0.2, -0.15) is 0 Å². The van der Waals surface area contributed by atoms with Crippen molar-refractivity contribution in [3.8, 4) is 0 Å². The van der Waals surface area contributed by atoms with E-state index in [-0.39, 0.29) is 5.91 Å². The molecule has 122 valence electrons. The molecule has 0 bridgehead atoms. The van der Waals surface area contributed by atoms with E-state index in [1.54, 1.807) is 18.3 Å². The number of hydrogen-bond donors (Lipinski definition) is 2. The van der Waals surface area contributed by atoms with E-state index in [1.165, 1.54) is 6.26 Å². The minimum atomic E-state index is 0.105. The average molecular weight is 315 g/mol. The number of carbonyl (C=O) groups excluding carboxylic acids is 1. The summed E-state index contributed by atoms with van der Waals surface area (Å²) >= 11 is 0.